The lowest BCUT2D eigenvalue weighted by Crippen LogP contribution is -2.42. The summed E-state index contributed by atoms with van der Waals surface area (Å²) in [7, 11) is 1.67. The van der Waals surface area contributed by atoms with Crippen LogP contribution in [0.4, 0.5) is 5.69 Å². The van der Waals surface area contributed by atoms with Crippen LogP contribution in [0.2, 0.25) is 0 Å². The van der Waals surface area contributed by atoms with E-state index in [0.29, 0.717) is 11.0 Å². The average Bonchev–Trinajstić information content (AvgIpc) is 3.29. The predicted octanol–water partition coefficient (Wildman–Crippen LogP) is 3.58. The van der Waals surface area contributed by atoms with Crippen molar-refractivity contribution < 1.29 is 9.53 Å². The fourth-order valence-corrected chi connectivity index (χ4v) is 3.30. The van der Waals surface area contributed by atoms with Crippen molar-refractivity contribution in [2.24, 2.45) is 5.92 Å². The van der Waals surface area contributed by atoms with Crippen LogP contribution in [0.15, 0.2) is 24.3 Å². The normalized spacial score (nSPS) is 15.8. The van der Waals surface area contributed by atoms with Crippen LogP contribution in [-0.2, 0) is 4.79 Å². The van der Waals surface area contributed by atoms with Crippen LogP contribution >= 0.6 is 11.8 Å². The highest BCUT2D eigenvalue weighted by molar-refractivity contribution is 8.13. The van der Waals surface area contributed by atoms with Crippen LogP contribution in [0, 0.1) is 5.92 Å². The quantitative estimate of drug-likeness (QED) is 0.768. The van der Waals surface area contributed by atoms with Crippen LogP contribution in [-0.4, -0.2) is 30.6 Å². The average molecular weight is 293 g/mol. The first-order valence-electron chi connectivity index (χ1n) is 7.28. The van der Waals surface area contributed by atoms with Crippen molar-refractivity contribution in [2.45, 2.75) is 32.7 Å². The van der Waals surface area contributed by atoms with Gasteiger partial charge in [-0.1, -0.05) is 18.7 Å². The third-order valence-electron chi connectivity index (χ3n) is 3.68. The van der Waals surface area contributed by atoms with Crippen molar-refractivity contribution in [1.82, 2.24) is 0 Å². The smallest absolute Gasteiger partial charge is 0.211 e. The zero-order chi connectivity index (χ0) is 14.5. The summed E-state index contributed by atoms with van der Waals surface area (Å²) in [5, 5.41) is 0.313. The summed E-state index contributed by atoms with van der Waals surface area (Å²) in [6.45, 7) is 5.00. The number of ether oxygens (including phenoxy) is 1. The molecule has 1 fully saturated rings. The van der Waals surface area contributed by atoms with Crippen LogP contribution in [0.3, 0.4) is 0 Å². The summed E-state index contributed by atoms with van der Waals surface area (Å²) < 4.78 is 5.20. The summed E-state index contributed by atoms with van der Waals surface area (Å²) in [5.74, 6) is 2.23. The van der Waals surface area contributed by atoms with E-state index in [1.54, 1.807) is 7.11 Å². The Morgan fingerprint density at radius 3 is 2.45 bits per heavy atom. The first-order chi connectivity index (χ1) is 9.71. The maximum absolute atomic E-state index is 12.4. The van der Waals surface area contributed by atoms with Gasteiger partial charge in [-0.2, -0.15) is 0 Å². The highest BCUT2D eigenvalue weighted by atomic mass is 32.2. The molecule has 3 nitrogen and oxygen atoms in total. The molecule has 0 radical (unpaired) electrons. The Balaban J connectivity index is 2.20. The molecule has 2 rings (SSSR count). The lowest BCUT2D eigenvalue weighted by Gasteiger charge is -2.31. The molecule has 110 valence electrons. The van der Waals surface area contributed by atoms with E-state index in [9.17, 15) is 4.79 Å². The van der Waals surface area contributed by atoms with E-state index < -0.39 is 0 Å². The number of thioether (sulfide) groups is 1. The number of benzene rings is 1. The van der Waals surface area contributed by atoms with Gasteiger partial charge in [-0.3, -0.25) is 4.79 Å². The minimum Gasteiger partial charge on any atom is -0.497 e. The predicted molar refractivity (Wildman–Crippen MR) is 85.7 cm³/mol. The molecule has 1 atom stereocenters. The SMILES string of the molecule is CCSC(=O)C(C1CC1)N(CC)c1ccc(OC)cc1. The van der Waals surface area contributed by atoms with Crippen LogP contribution in [0.25, 0.3) is 0 Å². The van der Waals surface area contributed by atoms with Gasteiger partial charge in [0.15, 0.2) is 0 Å². The number of hydrogen-bond donors (Lipinski definition) is 0. The minimum absolute atomic E-state index is 0.0262. The molecule has 4 heteroatoms. The fourth-order valence-electron chi connectivity index (χ4n) is 2.53. The van der Waals surface area contributed by atoms with Crippen molar-refractivity contribution in [3.63, 3.8) is 0 Å². The molecule has 1 unspecified atom stereocenters. The van der Waals surface area contributed by atoms with Crippen LogP contribution < -0.4 is 9.64 Å². The molecule has 0 saturated heterocycles. The summed E-state index contributed by atoms with van der Waals surface area (Å²) >= 11 is 1.45. The summed E-state index contributed by atoms with van der Waals surface area (Å²) in [6.07, 6.45) is 2.35. The van der Waals surface area contributed by atoms with Gasteiger partial charge >= 0.3 is 0 Å². The third-order valence-corrected chi connectivity index (χ3v) is 4.49. The minimum atomic E-state index is 0.0262. The van der Waals surface area contributed by atoms with Gasteiger partial charge in [-0.15, -0.1) is 0 Å². The molecule has 0 bridgehead atoms. The lowest BCUT2D eigenvalue weighted by molar-refractivity contribution is -0.112. The van der Waals surface area contributed by atoms with Crippen molar-refractivity contribution in [3.8, 4) is 5.75 Å². The van der Waals surface area contributed by atoms with Gasteiger partial charge in [0.05, 0.1) is 7.11 Å². The molecule has 0 spiro atoms. The second-order valence-corrected chi connectivity index (χ2v) is 6.29. The topological polar surface area (TPSA) is 29.5 Å². The number of hydrogen-bond acceptors (Lipinski definition) is 4. The van der Waals surface area contributed by atoms with E-state index in [2.05, 4.69) is 11.8 Å². The number of nitrogens with zero attached hydrogens (tertiary/aromatic N) is 1. The van der Waals surface area contributed by atoms with Crippen molar-refractivity contribution >= 4 is 22.6 Å². The van der Waals surface area contributed by atoms with Gasteiger partial charge in [-0.05, 0) is 55.7 Å². The molecule has 1 aliphatic carbocycles. The number of rotatable bonds is 7. The monoisotopic (exact) mass is 293 g/mol. The second-order valence-electron chi connectivity index (χ2n) is 5.02. The van der Waals surface area contributed by atoms with E-state index in [1.807, 2.05) is 31.2 Å². The second kappa shape index (κ2) is 7.02. The molecule has 0 heterocycles. The molecular formula is C16H23NO2S. The Kier molecular flexibility index (Phi) is 5.35. The molecule has 1 aromatic carbocycles. The van der Waals surface area contributed by atoms with E-state index in [4.69, 9.17) is 4.74 Å². The van der Waals surface area contributed by atoms with Crippen LogP contribution in [0.5, 0.6) is 5.75 Å². The lowest BCUT2D eigenvalue weighted by atomic mass is 10.1. The Morgan fingerprint density at radius 1 is 1.35 bits per heavy atom. The number of carbonyl (C=O) groups is 1. The van der Waals surface area contributed by atoms with Crippen molar-refractivity contribution in [2.75, 3.05) is 24.3 Å². The number of anilines is 1. The van der Waals surface area contributed by atoms with E-state index >= 15 is 0 Å². The number of likely N-dealkylation sites (N-methyl/N-ethyl adjacent to an activating group) is 1. The highest BCUT2D eigenvalue weighted by Gasteiger charge is 2.39. The summed E-state index contributed by atoms with van der Waals surface area (Å²) in [4.78, 5) is 14.7. The number of methoxy groups -OCH3 is 1. The fraction of sp³-hybridized carbons (Fsp3) is 0.562. The summed E-state index contributed by atoms with van der Waals surface area (Å²) in [6, 6.07) is 8.03. The van der Waals surface area contributed by atoms with Gasteiger partial charge in [0.2, 0.25) is 5.12 Å². The summed E-state index contributed by atoms with van der Waals surface area (Å²) in [5.41, 5.74) is 1.11. The number of carbonyl (C=O) groups excluding carboxylic acids is 1. The van der Waals surface area contributed by atoms with E-state index in [-0.39, 0.29) is 6.04 Å². The Morgan fingerprint density at radius 2 is 2.00 bits per heavy atom. The Bertz CT molecular complexity index is 442. The molecule has 0 amide bonds. The third kappa shape index (κ3) is 3.48. The maximum atomic E-state index is 12.4. The van der Waals surface area contributed by atoms with Gasteiger partial charge in [-0.25, -0.2) is 0 Å². The van der Waals surface area contributed by atoms with Crippen LogP contribution in [0.1, 0.15) is 26.7 Å². The van der Waals surface area contributed by atoms with Gasteiger partial charge in [0.25, 0.3) is 0 Å². The zero-order valence-corrected chi connectivity index (χ0v) is 13.3. The van der Waals surface area contributed by atoms with Gasteiger partial charge in [0, 0.05) is 12.2 Å². The molecule has 20 heavy (non-hydrogen) atoms. The van der Waals surface area contributed by atoms with E-state index in [0.717, 1.165) is 23.7 Å². The Hall–Kier alpha value is -1.16. The van der Waals surface area contributed by atoms with Gasteiger partial charge < -0.3 is 9.64 Å². The highest BCUT2D eigenvalue weighted by Crippen LogP contribution is 2.39. The Labute approximate surface area is 125 Å². The first kappa shape index (κ1) is 15.2. The molecule has 1 aromatic rings. The molecule has 0 aromatic heterocycles. The molecule has 1 aliphatic rings. The molecule has 1 saturated carbocycles. The first-order valence-corrected chi connectivity index (χ1v) is 8.27. The van der Waals surface area contributed by atoms with Crippen molar-refractivity contribution in [1.29, 1.82) is 0 Å². The van der Waals surface area contributed by atoms with Crippen molar-refractivity contribution in [3.05, 3.63) is 24.3 Å². The largest absolute Gasteiger partial charge is 0.497 e. The zero-order valence-electron chi connectivity index (χ0n) is 12.5. The molecule has 0 N–H and O–H groups in total. The maximum Gasteiger partial charge on any atom is 0.211 e. The van der Waals surface area contributed by atoms with E-state index in [1.165, 1.54) is 24.6 Å². The van der Waals surface area contributed by atoms with Gasteiger partial charge in [0.1, 0.15) is 11.8 Å². The standard InChI is InChI=1S/C16H23NO2S/c1-4-17(13-8-10-14(19-3)11-9-13)15(12-6-7-12)16(18)20-5-2/h8-12,15H,4-7H2,1-3H3. The molecule has 0 aliphatic heterocycles. The molecular weight excluding hydrogens is 270 g/mol.